The number of hydrogen-bond donors (Lipinski definition) is 2. The zero-order chi connectivity index (χ0) is 15.6. The van der Waals surface area contributed by atoms with Crippen LogP contribution in [0, 0.1) is 18.8 Å². The fourth-order valence-corrected chi connectivity index (χ4v) is 2.28. The van der Waals surface area contributed by atoms with Crippen molar-refractivity contribution in [1.29, 1.82) is 0 Å². The molecule has 1 heterocycles. The van der Waals surface area contributed by atoms with Crippen molar-refractivity contribution in [3.8, 4) is 0 Å². The van der Waals surface area contributed by atoms with Crippen molar-refractivity contribution < 1.29 is 19.1 Å². The fraction of sp³-hybridized carbons (Fsp3) is 0.375. The summed E-state index contributed by atoms with van der Waals surface area (Å²) in [6, 6.07) is 7.41. The fourth-order valence-electron chi connectivity index (χ4n) is 2.28. The lowest BCUT2D eigenvalue weighted by Crippen LogP contribution is -2.35. The Morgan fingerprint density at radius 2 is 1.95 bits per heavy atom. The SMILES string of the molecule is Cc1c(C(=O)NCC(C(=O)O)C(C)C)oc2ccccc12. The molecule has 21 heavy (non-hydrogen) atoms. The van der Waals surface area contributed by atoms with Gasteiger partial charge >= 0.3 is 5.97 Å². The Hall–Kier alpha value is -2.30. The molecule has 1 aromatic heterocycles. The highest BCUT2D eigenvalue weighted by atomic mass is 16.4. The van der Waals surface area contributed by atoms with E-state index in [1.807, 2.05) is 39.0 Å². The number of benzene rings is 1. The second-order valence-electron chi connectivity index (χ2n) is 5.45. The first kappa shape index (κ1) is 15.1. The number of para-hydroxylation sites is 1. The summed E-state index contributed by atoms with van der Waals surface area (Å²) < 4.78 is 5.55. The molecule has 0 aliphatic carbocycles. The summed E-state index contributed by atoms with van der Waals surface area (Å²) in [5, 5.41) is 12.7. The van der Waals surface area contributed by atoms with Crippen LogP contribution in [0.5, 0.6) is 0 Å². The third-order valence-corrected chi connectivity index (χ3v) is 3.65. The number of aliphatic carboxylic acids is 1. The predicted molar refractivity (Wildman–Crippen MR) is 79.2 cm³/mol. The molecule has 1 atom stereocenters. The van der Waals surface area contributed by atoms with Gasteiger partial charge in [-0.15, -0.1) is 0 Å². The van der Waals surface area contributed by atoms with Crippen LogP contribution in [-0.2, 0) is 4.79 Å². The predicted octanol–water partition coefficient (Wildman–Crippen LogP) is 2.83. The molecule has 112 valence electrons. The molecule has 0 saturated heterocycles. The van der Waals surface area contributed by atoms with Crippen LogP contribution in [0.2, 0.25) is 0 Å². The zero-order valence-electron chi connectivity index (χ0n) is 12.3. The number of rotatable bonds is 5. The first-order valence-corrected chi connectivity index (χ1v) is 6.91. The van der Waals surface area contributed by atoms with Crippen molar-refractivity contribution in [2.75, 3.05) is 6.54 Å². The van der Waals surface area contributed by atoms with Crippen LogP contribution in [0.4, 0.5) is 0 Å². The van der Waals surface area contributed by atoms with Crippen LogP contribution in [0.15, 0.2) is 28.7 Å². The van der Waals surface area contributed by atoms with Gasteiger partial charge in [-0.2, -0.15) is 0 Å². The summed E-state index contributed by atoms with van der Waals surface area (Å²) in [7, 11) is 0. The molecule has 2 rings (SSSR count). The van der Waals surface area contributed by atoms with Gasteiger partial charge in [0.2, 0.25) is 0 Å². The van der Waals surface area contributed by atoms with Crippen LogP contribution in [0.3, 0.4) is 0 Å². The molecule has 1 unspecified atom stereocenters. The van der Waals surface area contributed by atoms with Crippen LogP contribution < -0.4 is 5.32 Å². The third-order valence-electron chi connectivity index (χ3n) is 3.65. The van der Waals surface area contributed by atoms with E-state index in [2.05, 4.69) is 5.32 Å². The van der Waals surface area contributed by atoms with Gasteiger partial charge in [-0.3, -0.25) is 9.59 Å². The third kappa shape index (κ3) is 3.07. The summed E-state index contributed by atoms with van der Waals surface area (Å²) in [5.74, 6) is -1.72. The summed E-state index contributed by atoms with van der Waals surface area (Å²) in [5.41, 5.74) is 1.42. The largest absolute Gasteiger partial charge is 0.481 e. The van der Waals surface area contributed by atoms with Gasteiger partial charge in [-0.25, -0.2) is 0 Å². The molecule has 0 fully saturated rings. The Balaban J connectivity index is 2.16. The van der Waals surface area contributed by atoms with Gasteiger partial charge in [-0.1, -0.05) is 32.0 Å². The van der Waals surface area contributed by atoms with Crippen LogP contribution in [-0.4, -0.2) is 23.5 Å². The second-order valence-corrected chi connectivity index (χ2v) is 5.45. The summed E-state index contributed by atoms with van der Waals surface area (Å²) >= 11 is 0. The van der Waals surface area contributed by atoms with E-state index in [9.17, 15) is 9.59 Å². The van der Waals surface area contributed by atoms with Crippen molar-refractivity contribution in [3.63, 3.8) is 0 Å². The van der Waals surface area contributed by atoms with E-state index in [4.69, 9.17) is 9.52 Å². The van der Waals surface area contributed by atoms with Crippen LogP contribution in [0.1, 0.15) is 30.0 Å². The van der Waals surface area contributed by atoms with E-state index >= 15 is 0 Å². The number of furan rings is 1. The Bertz CT molecular complexity index is 672. The van der Waals surface area contributed by atoms with Crippen LogP contribution >= 0.6 is 0 Å². The van der Waals surface area contributed by atoms with Gasteiger partial charge in [0.05, 0.1) is 5.92 Å². The van der Waals surface area contributed by atoms with E-state index < -0.39 is 11.9 Å². The molecule has 0 saturated carbocycles. The summed E-state index contributed by atoms with van der Waals surface area (Å²) in [4.78, 5) is 23.3. The molecule has 1 amide bonds. The number of aryl methyl sites for hydroxylation is 1. The molecule has 2 aromatic rings. The quantitative estimate of drug-likeness (QED) is 0.887. The standard InChI is InChI=1S/C16H19NO4/c1-9(2)12(16(19)20)8-17-15(18)14-10(3)11-6-4-5-7-13(11)21-14/h4-7,9,12H,8H2,1-3H3,(H,17,18)(H,19,20). The minimum atomic E-state index is -0.911. The van der Waals surface area contributed by atoms with Gasteiger partial charge in [0.15, 0.2) is 5.76 Å². The number of carboxylic acid groups (broad SMARTS) is 1. The van der Waals surface area contributed by atoms with Gasteiger partial charge < -0.3 is 14.8 Å². The first-order chi connectivity index (χ1) is 9.91. The van der Waals surface area contributed by atoms with Crippen LogP contribution in [0.25, 0.3) is 11.0 Å². The smallest absolute Gasteiger partial charge is 0.308 e. The molecular formula is C16H19NO4. The van der Waals surface area contributed by atoms with Crippen molar-refractivity contribution in [2.45, 2.75) is 20.8 Å². The lowest BCUT2D eigenvalue weighted by molar-refractivity contribution is -0.142. The monoisotopic (exact) mass is 289 g/mol. The number of carbonyl (C=O) groups is 2. The minimum absolute atomic E-state index is 0.0560. The van der Waals surface area contributed by atoms with Gasteiger partial charge in [-0.05, 0) is 18.9 Å². The molecule has 5 nitrogen and oxygen atoms in total. The number of carboxylic acids is 1. The first-order valence-electron chi connectivity index (χ1n) is 6.91. The maximum atomic E-state index is 12.2. The molecule has 1 aromatic carbocycles. The average Bonchev–Trinajstić information content (AvgIpc) is 2.76. The Labute approximate surface area is 122 Å². The number of amides is 1. The number of hydrogen-bond acceptors (Lipinski definition) is 3. The lowest BCUT2D eigenvalue weighted by atomic mass is 9.96. The number of carbonyl (C=O) groups excluding carboxylic acids is 1. The van der Waals surface area contributed by atoms with Crippen molar-refractivity contribution >= 4 is 22.8 Å². The molecule has 0 spiro atoms. The van der Waals surface area contributed by atoms with Gasteiger partial charge in [0.1, 0.15) is 5.58 Å². The molecule has 0 bridgehead atoms. The summed E-state index contributed by atoms with van der Waals surface area (Å²) in [6.07, 6.45) is 0. The van der Waals surface area contributed by atoms with E-state index in [0.717, 1.165) is 10.9 Å². The van der Waals surface area contributed by atoms with E-state index in [0.29, 0.717) is 5.58 Å². The Morgan fingerprint density at radius 3 is 2.52 bits per heavy atom. The minimum Gasteiger partial charge on any atom is -0.481 e. The maximum Gasteiger partial charge on any atom is 0.308 e. The van der Waals surface area contributed by atoms with Crippen molar-refractivity contribution in [1.82, 2.24) is 5.32 Å². The van der Waals surface area contributed by atoms with E-state index in [1.165, 1.54) is 0 Å². The number of fused-ring (bicyclic) bond motifs is 1. The lowest BCUT2D eigenvalue weighted by Gasteiger charge is -2.16. The molecular weight excluding hydrogens is 270 g/mol. The van der Waals surface area contributed by atoms with Crippen molar-refractivity contribution in [2.24, 2.45) is 11.8 Å². The highest BCUT2D eigenvalue weighted by Crippen LogP contribution is 2.24. The topological polar surface area (TPSA) is 79.5 Å². The Kier molecular flexibility index (Phi) is 4.31. The molecule has 0 aliphatic rings. The highest BCUT2D eigenvalue weighted by molar-refractivity contribution is 5.99. The maximum absolute atomic E-state index is 12.2. The Morgan fingerprint density at radius 1 is 1.29 bits per heavy atom. The molecule has 0 aliphatic heterocycles. The van der Waals surface area contributed by atoms with E-state index in [1.54, 1.807) is 6.07 Å². The second kappa shape index (κ2) is 5.99. The molecule has 0 radical (unpaired) electrons. The number of nitrogens with one attached hydrogen (secondary N) is 1. The van der Waals surface area contributed by atoms with E-state index in [-0.39, 0.29) is 24.1 Å². The van der Waals surface area contributed by atoms with Gasteiger partial charge in [0.25, 0.3) is 5.91 Å². The highest BCUT2D eigenvalue weighted by Gasteiger charge is 2.24. The van der Waals surface area contributed by atoms with Crippen molar-refractivity contribution in [3.05, 3.63) is 35.6 Å². The molecule has 5 heteroatoms. The van der Waals surface area contributed by atoms with Gasteiger partial charge in [0, 0.05) is 17.5 Å². The average molecular weight is 289 g/mol. The summed E-state index contributed by atoms with van der Waals surface area (Å²) in [6.45, 7) is 5.54. The normalized spacial score (nSPS) is 12.6. The zero-order valence-corrected chi connectivity index (χ0v) is 12.3. The molecule has 2 N–H and O–H groups in total.